The van der Waals surface area contributed by atoms with Crippen LogP contribution in [0.4, 0.5) is 0 Å². The maximum absolute atomic E-state index is 9.66. The van der Waals surface area contributed by atoms with Gasteiger partial charge in [-0.05, 0) is 30.7 Å². The second-order valence-corrected chi connectivity index (χ2v) is 3.58. The molecule has 0 bridgehead atoms. The van der Waals surface area contributed by atoms with Crippen LogP contribution in [0, 0.1) is 0 Å². The Morgan fingerprint density at radius 2 is 1.79 bits per heavy atom. The third kappa shape index (κ3) is 2.96. The van der Waals surface area contributed by atoms with Crippen molar-refractivity contribution in [2.45, 2.75) is 18.6 Å². The van der Waals surface area contributed by atoms with Crippen LogP contribution in [0.2, 0.25) is 5.02 Å². The van der Waals surface area contributed by atoms with Gasteiger partial charge >= 0.3 is 0 Å². The van der Waals surface area contributed by atoms with Gasteiger partial charge in [-0.3, -0.25) is 0 Å². The molecule has 0 saturated heterocycles. The summed E-state index contributed by atoms with van der Waals surface area (Å²) in [5.41, 5.74) is 5.93. The number of hydrogen-bond donors (Lipinski definition) is 3. The first-order valence-electron chi connectivity index (χ1n) is 4.47. The number of aliphatic hydroxyl groups excluding tert-OH is 2. The van der Waals surface area contributed by atoms with Gasteiger partial charge in [0.1, 0.15) is 6.10 Å². The Hall–Kier alpha value is -0.610. The molecule has 0 radical (unpaired) electrons. The summed E-state index contributed by atoms with van der Waals surface area (Å²) in [6, 6.07) is 6.73. The highest BCUT2D eigenvalue weighted by Crippen LogP contribution is 2.20. The molecule has 0 heterocycles. The zero-order valence-corrected chi connectivity index (χ0v) is 8.48. The Labute approximate surface area is 88.1 Å². The Bertz CT molecular complexity index is 276. The Morgan fingerprint density at radius 1 is 1.21 bits per heavy atom. The molecule has 4 heteroatoms. The van der Waals surface area contributed by atoms with E-state index in [0.29, 0.717) is 23.6 Å². The third-order valence-corrected chi connectivity index (χ3v) is 2.29. The summed E-state index contributed by atoms with van der Waals surface area (Å²) < 4.78 is 0. The maximum Gasteiger partial charge on any atom is 0.105 e. The minimum atomic E-state index is -0.893. The van der Waals surface area contributed by atoms with Gasteiger partial charge < -0.3 is 15.9 Å². The van der Waals surface area contributed by atoms with Gasteiger partial charge in [-0.1, -0.05) is 23.7 Å². The van der Waals surface area contributed by atoms with E-state index in [1.807, 2.05) is 0 Å². The molecule has 1 aromatic rings. The number of rotatable bonds is 4. The lowest BCUT2D eigenvalue weighted by molar-refractivity contribution is 0.0150. The van der Waals surface area contributed by atoms with Crippen molar-refractivity contribution in [3.8, 4) is 0 Å². The standard InChI is InChI=1S/C10H14ClNO2/c11-8-3-1-7(2-4-8)10(14)9(13)5-6-12/h1-4,9-10,13-14H,5-6,12H2. The summed E-state index contributed by atoms with van der Waals surface area (Å²) in [5, 5.41) is 19.7. The van der Waals surface area contributed by atoms with Crippen molar-refractivity contribution < 1.29 is 10.2 Å². The van der Waals surface area contributed by atoms with E-state index in [0.717, 1.165) is 0 Å². The van der Waals surface area contributed by atoms with Crippen LogP contribution in [0.15, 0.2) is 24.3 Å². The predicted molar refractivity (Wildman–Crippen MR) is 56.1 cm³/mol. The normalized spacial score (nSPS) is 15.1. The zero-order valence-electron chi connectivity index (χ0n) is 7.73. The van der Waals surface area contributed by atoms with Gasteiger partial charge in [0.2, 0.25) is 0 Å². The molecule has 1 aromatic carbocycles. The fourth-order valence-electron chi connectivity index (χ4n) is 1.21. The number of hydrogen-bond acceptors (Lipinski definition) is 3. The number of benzene rings is 1. The molecule has 0 fully saturated rings. The Balaban J connectivity index is 2.68. The molecule has 0 aliphatic rings. The number of halogens is 1. The molecule has 0 amide bonds. The average molecular weight is 216 g/mol. The quantitative estimate of drug-likeness (QED) is 0.704. The van der Waals surface area contributed by atoms with Crippen LogP contribution in [-0.4, -0.2) is 22.9 Å². The van der Waals surface area contributed by atoms with E-state index in [2.05, 4.69) is 0 Å². The first-order chi connectivity index (χ1) is 6.65. The molecule has 0 aliphatic heterocycles. The van der Waals surface area contributed by atoms with Crippen molar-refractivity contribution in [3.63, 3.8) is 0 Å². The molecule has 78 valence electrons. The number of aliphatic hydroxyl groups is 2. The Kier molecular flexibility index (Phi) is 4.35. The molecule has 14 heavy (non-hydrogen) atoms. The van der Waals surface area contributed by atoms with Crippen LogP contribution in [0.25, 0.3) is 0 Å². The average Bonchev–Trinajstić information content (AvgIpc) is 2.18. The van der Waals surface area contributed by atoms with Gasteiger partial charge in [-0.25, -0.2) is 0 Å². The van der Waals surface area contributed by atoms with E-state index in [4.69, 9.17) is 17.3 Å². The largest absolute Gasteiger partial charge is 0.390 e. The van der Waals surface area contributed by atoms with Gasteiger partial charge in [0.05, 0.1) is 6.10 Å². The summed E-state index contributed by atoms with van der Waals surface area (Å²) in [4.78, 5) is 0. The number of nitrogens with two attached hydrogens (primary N) is 1. The van der Waals surface area contributed by atoms with Crippen LogP contribution in [0.5, 0.6) is 0 Å². The molecular weight excluding hydrogens is 202 g/mol. The van der Waals surface area contributed by atoms with E-state index in [1.54, 1.807) is 24.3 Å². The topological polar surface area (TPSA) is 66.5 Å². The van der Waals surface area contributed by atoms with Crippen molar-refractivity contribution in [2.24, 2.45) is 5.73 Å². The van der Waals surface area contributed by atoms with Gasteiger partial charge in [-0.15, -0.1) is 0 Å². The van der Waals surface area contributed by atoms with Gasteiger partial charge in [-0.2, -0.15) is 0 Å². The van der Waals surface area contributed by atoms with Crippen LogP contribution in [0.3, 0.4) is 0 Å². The van der Waals surface area contributed by atoms with E-state index in [-0.39, 0.29) is 0 Å². The third-order valence-electron chi connectivity index (χ3n) is 2.04. The molecule has 2 unspecified atom stereocenters. The molecule has 1 rings (SSSR count). The van der Waals surface area contributed by atoms with Gasteiger partial charge in [0, 0.05) is 5.02 Å². The van der Waals surface area contributed by atoms with Crippen molar-refractivity contribution in [1.29, 1.82) is 0 Å². The van der Waals surface area contributed by atoms with E-state index in [9.17, 15) is 10.2 Å². The zero-order chi connectivity index (χ0) is 10.6. The predicted octanol–water partition coefficient (Wildman–Crippen LogP) is 1.08. The second-order valence-electron chi connectivity index (χ2n) is 3.14. The molecule has 2 atom stereocenters. The van der Waals surface area contributed by atoms with Crippen LogP contribution in [0.1, 0.15) is 18.1 Å². The van der Waals surface area contributed by atoms with Crippen molar-refractivity contribution in [1.82, 2.24) is 0 Å². The molecule has 0 aliphatic carbocycles. The second kappa shape index (κ2) is 5.32. The highest BCUT2D eigenvalue weighted by molar-refractivity contribution is 6.30. The first kappa shape index (κ1) is 11.5. The fraction of sp³-hybridized carbons (Fsp3) is 0.400. The molecule has 0 spiro atoms. The van der Waals surface area contributed by atoms with Crippen LogP contribution in [-0.2, 0) is 0 Å². The minimum absolute atomic E-state index is 0.353. The van der Waals surface area contributed by atoms with Crippen molar-refractivity contribution in [3.05, 3.63) is 34.9 Å². The maximum atomic E-state index is 9.66. The van der Waals surface area contributed by atoms with Crippen molar-refractivity contribution >= 4 is 11.6 Å². The molecule has 3 nitrogen and oxygen atoms in total. The molecule has 0 saturated carbocycles. The summed E-state index contributed by atoms with van der Waals surface area (Å²) in [6.45, 7) is 0.353. The van der Waals surface area contributed by atoms with E-state index < -0.39 is 12.2 Å². The van der Waals surface area contributed by atoms with Crippen LogP contribution >= 0.6 is 11.6 Å². The summed E-state index contributed by atoms with van der Waals surface area (Å²) in [6.07, 6.45) is -1.33. The van der Waals surface area contributed by atoms with Gasteiger partial charge in [0.15, 0.2) is 0 Å². The van der Waals surface area contributed by atoms with Crippen molar-refractivity contribution in [2.75, 3.05) is 6.54 Å². The van der Waals surface area contributed by atoms with Gasteiger partial charge in [0.25, 0.3) is 0 Å². The smallest absolute Gasteiger partial charge is 0.105 e. The highest BCUT2D eigenvalue weighted by Gasteiger charge is 2.16. The summed E-state index contributed by atoms with van der Waals surface area (Å²) in [5.74, 6) is 0. The van der Waals surface area contributed by atoms with E-state index >= 15 is 0 Å². The first-order valence-corrected chi connectivity index (χ1v) is 4.84. The lowest BCUT2D eigenvalue weighted by Crippen LogP contribution is -2.21. The summed E-state index contributed by atoms with van der Waals surface area (Å²) >= 11 is 5.69. The SMILES string of the molecule is NCCC(O)C(O)c1ccc(Cl)cc1. The Morgan fingerprint density at radius 3 is 2.29 bits per heavy atom. The lowest BCUT2D eigenvalue weighted by atomic mass is 10.0. The summed E-state index contributed by atoms with van der Waals surface area (Å²) in [7, 11) is 0. The van der Waals surface area contributed by atoms with E-state index in [1.165, 1.54) is 0 Å². The molecular formula is C10H14ClNO2. The monoisotopic (exact) mass is 215 g/mol. The highest BCUT2D eigenvalue weighted by atomic mass is 35.5. The molecule has 0 aromatic heterocycles. The van der Waals surface area contributed by atoms with Crippen LogP contribution < -0.4 is 5.73 Å². The molecule has 4 N–H and O–H groups in total. The lowest BCUT2D eigenvalue weighted by Gasteiger charge is -2.17. The minimum Gasteiger partial charge on any atom is -0.390 e. The fourth-order valence-corrected chi connectivity index (χ4v) is 1.34.